The molecule has 0 bridgehead atoms. The molecule has 0 radical (unpaired) electrons. The van der Waals surface area contributed by atoms with Crippen molar-refractivity contribution in [3.8, 4) is 0 Å². The summed E-state index contributed by atoms with van der Waals surface area (Å²) in [4.78, 5) is 48.9. The first-order valence-corrected chi connectivity index (χ1v) is 15.9. The van der Waals surface area contributed by atoms with Gasteiger partial charge in [0.15, 0.2) is 0 Å². The molecule has 1 aromatic heterocycles. The third kappa shape index (κ3) is 7.01. The molecule has 2 heterocycles. The zero-order valence-electron chi connectivity index (χ0n) is 24.2. The number of nitrogens with zero attached hydrogens (tertiary/aromatic N) is 2. The summed E-state index contributed by atoms with van der Waals surface area (Å²) in [6.45, 7) is 1.90. The molecule has 0 saturated carbocycles. The van der Waals surface area contributed by atoms with Crippen molar-refractivity contribution in [1.82, 2.24) is 10.3 Å². The van der Waals surface area contributed by atoms with Crippen molar-refractivity contribution in [2.24, 2.45) is 0 Å². The number of anilines is 3. The maximum Gasteiger partial charge on any atom is 0.272 e. The Bertz CT molecular complexity index is 1830. The van der Waals surface area contributed by atoms with Gasteiger partial charge >= 0.3 is 0 Å². The number of pyridine rings is 1. The number of para-hydroxylation sites is 2. The summed E-state index contributed by atoms with van der Waals surface area (Å²) in [7, 11) is 0. The molecule has 0 fully saturated rings. The largest absolute Gasteiger partial charge is 0.321 e. The van der Waals surface area contributed by atoms with E-state index in [1.54, 1.807) is 78.8 Å². The highest BCUT2D eigenvalue weighted by Gasteiger charge is 2.31. The third-order valence-corrected chi connectivity index (χ3v) is 9.18. The van der Waals surface area contributed by atoms with Crippen LogP contribution >= 0.6 is 23.5 Å². The summed E-state index contributed by atoms with van der Waals surface area (Å²) in [6, 6.07) is 35.4. The van der Waals surface area contributed by atoms with Crippen molar-refractivity contribution in [3.63, 3.8) is 0 Å². The number of nitrogens with one attached hydrogen (secondary N) is 2. The fourth-order valence-corrected chi connectivity index (χ4v) is 6.73. The van der Waals surface area contributed by atoms with Crippen LogP contribution in [0, 0.1) is 0 Å². The van der Waals surface area contributed by atoms with Gasteiger partial charge in [0.1, 0.15) is 5.70 Å². The van der Waals surface area contributed by atoms with Gasteiger partial charge in [0.2, 0.25) is 5.91 Å². The van der Waals surface area contributed by atoms with Crippen LogP contribution in [-0.4, -0.2) is 28.0 Å². The van der Waals surface area contributed by atoms with E-state index in [0.29, 0.717) is 16.8 Å². The van der Waals surface area contributed by atoms with Crippen LogP contribution in [-0.2, 0) is 9.59 Å². The predicted molar refractivity (Wildman–Crippen MR) is 181 cm³/mol. The Kier molecular flexibility index (Phi) is 9.09. The molecule has 1 aliphatic heterocycles. The van der Waals surface area contributed by atoms with Crippen LogP contribution in [0.1, 0.15) is 22.8 Å². The van der Waals surface area contributed by atoms with E-state index in [4.69, 9.17) is 0 Å². The molecule has 1 aliphatic rings. The van der Waals surface area contributed by atoms with Crippen molar-refractivity contribution in [2.75, 3.05) is 10.2 Å². The zero-order valence-corrected chi connectivity index (χ0v) is 25.8. The quantitative estimate of drug-likeness (QED) is 0.135. The molecule has 5 aromatic rings. The lowest BCUT2D eigenvalue weighted by atomic mass is 10.2. The Morgan fingerprint density at radius 3 is 2.09 bits per heavy atom. The summed E-state index contributed by atoms with van der Waals surface area (Å²) >= 11 is 3.11. The lowest BCUT2D eigenvalue weighted by molar-refractivity contribution is -0.117. The number of thioether (sulfide) groups is 1. The highest BCUT2D eigenvalue weighted by molar-refractivity contribution is 8.00. The molecule has 3 amide bonds. The number of carbonyl (C=O) groups is 3. The van der Waals surface area contributed by atoms with Crippen molar-refractivity contribution in [2.45, 2.75) is 26.9 Å². The molecule has 1 atom stereocenters. The van der Waals surface area contributed by atoms with Crippen molar-refractivity contribution in [3.05, 3.63) is 144 Å². The molecule has 9 heteroatoms. The Hall–Kier alpha value is -5.12. The first-order valence-electron chi connectivity index (χ1n) is 14.2. The van der Waals surface area contributed by atoms with Gasteiger partial charge in [-0.3, -0.25) is 24.3 Å². The number of carbonyl (C=O) groups excluding carboxylic acids is 3. The van der Waals surface area contributed by atoms with E-state index >= 15 is 0 Å². The van der Waals surface area contributed by atoms with Gasteiger partial charge < -0.3 is 10.6 Å². The Morgan fingerprint density at radius 1 is 0.800 bits per heavy atom. The predicted octanol–water partition coefficient (Wildman–Crippen LogP) is 7.80. The van der Waals surface area contributed by atoms with Crippen LogP contribution in [0.5, 0.6) is 0 Å². The summed E-state index contributed by atoms with van der Waals surface area (Å²) in [5, 5.41) is 5.22. The normalized spacial score (nSPS) is 12.8. The van der Waals surface area contributed by atoms with E-state index in [1.807, 2.05) is 78.6 Å². The van der Waals surface area contributed by atoms with Crippen molar-refractivity contribution >= 4 is 64.4 Å². The van der Waals surface area contributed by atoms with E-state index < -0.39 is 11.8 Å². The average molecular weight is 629 g/mol. The molecule has 0 spiro atoms. The highest BCUT2D eigenvalue weighted by Crippen LogP contribution is 2.48. The smallest absolute Gasteiger partial charge is 0.272 e. The molecule has 45 heavy (non-hydrogen) atoms. The highest BCUT2D eigenvalue weighted by atomic mass is 32.2. The van der Waals surface area contributed by atoms with Crippen LogP contribution in [0.3, 0.4) is 0 Å². The van der Waals surface area contributed by atoms with Crippen LogP contribution < -0.4 is 15.5 Å². The van der Waals surface area contributed by atoms with Crippen LogP contribution in [0.2, 0.25) is 0 Å². The second-order valence-corrected chi connectivity index (χ2v) is 12.6. The molecular formula is C36H28N4O3S2. The number of rotatable bonds is 8. The summed E-state index contributed by atoms with van der Waals surface area (Å²) in [6.07, 6.45) is 4.82. The molecule has 1 unspecified atom stereocenters. The second kappa shape index (κ2) is 13.7. The number of fused-ring (bicyclic) bond motifs is 2. The summed E-state index contributed by atoms with van der Waals surface area (Å²) < 4.78 is 0. The molecule has 222 valence electrons. The fourth-order valence-electron chi connectivity index (χ4n) is 4.76. The molecule has 6 rings (SSSR count). The van der Waals surface area contributed by atoms with E-state index in [1.165, 1.54) is 11.8 Å². The standard InChI is InChI=1S/C36H28N4O3S2/c1-24(36(43)40-30-13-5-7-15-32(30)45-33-16-8-6-14-31(33)40)44-28-19-17-27(18-20-28)38-35(42)29(22-25-10-9-21-37-23-25)39-34(41)26-11-3-2-4-12-26/h2-24H,1H3,(H,38,42)(H,39,41)/b29-22-. The van der Waals surface area contributed by atoms with Gasteiger partial charge in [0.25, 0.3) is 11.8 Å². The first-order chi connectivity index (χ1) is 22.0. The number of benzene rings is 4. The SMILES string of the molecule is CC(Sc1ccc(NC(=O)/C(=C/c2cccnc2)NC(=O)c2ccccc2)cc1)C(=O)N1c2ccccc2Sc2ccccc21. The number of amides is 3. The summed E-state index contributed by atoms with van der Waals surface area (Å²) in [5.74, 6) is -0.895. The summed E-state index contributed by atoms with van der Waals surface area (Å²) in [5.41, 5.74) is 3.49. The van der Waals surface area contributed by atoms with Gasteiger partial charge in [-0.25, -0.2) is 0 Å². The zero-order chi connectivity index (χ0) is 31.2. The van der Waals surface area contributed by atoms with E-state index in [0.717, 1.165) is 26.1 Å². The lowest BCUT2D eigenvalue weighted by Crippen LogP contribution is -2.34. The van der Waals surface area contributed by atoms with Gasteiger partial charge in [0.05, 0.1) is 16.6 Å². The monoisotopic (exact) mass is 628 g/mol. The molecule has 0 saturated heterocycles. The van der Waals surface area contributed by atoms with Gasteiger partial charge in [0, 0.05) is 38.3 Å². The van der Waals surface area contributed by atoms with Crippen LogP contribution in [0.25, 0.3) is 6.08 Å². The average Bonchev–Trinajstić information content (AvgIpc) is 3.08. The second-order valence-electron chi connectivity index (χ2n) is 10.1. The molecule has 7 nitrogen and oxygen atoms in total. The van der Waals surface area contributed by atoms with E-state index in [9.17, 15) is 14.4 Å². The van der Waals surface area contributed by atoms with Gasteiger partial charge in [-0.1, -0.05) is 60.3 Å². The molecule has 0 aliphatic carbocycles. The van der Waals surface area contributed by atoms with E-state index in [-0.39, 0.29) is 16.9 Å². The van der Waals surface area contributed by atoms with Gasteiger partial charge in [-0.2, -0.15) is 0 Å². The minimum Gasteiger partial charge on any atom is -0.321 e. The number of hydrogen-bond donors (Lipinski definition) is 2. The molecular weight excluding hydrogens is 601 g/mol. The fraction of sp³-hybridized carbons (Fsp3) is 0.0556. The van der Waals surface area contributed by atoms with Crippen molar-refractivity contribution in [1.29, 1.82) is 0 Å². The maximum atomic E-state index is 13.8. The van der Waals surface area contributed by atoms with Crippen molar-refractivity contribution < 1.29 is 14.4 Å². The minimum absolute atomic E-state index is 0.0167. The van der Waals surface area contributed by atoms with Gasteiger partial charge in [-0.15, -0.1) is 11.8 Å². The Balaban J connectivity index is 1.15. The maximum absolute atomic E-state index is 13.8. The third-order valence-electron chi connectivity index (χ3n) is 6.95. The van der Waals surface area contributed by atoms with Crippen LogP contribution in [0.15, 0.2) is 148 Å². The number of hydrogen-bond acceptors (Lipinski definition) is 6. The van der Waals surface area contributed by atoms with E-state index in [2.05, 4.69) is 15.6 Å². The van der Waals surface area contributed by atoms with Crippen LogP contribution in [0.4, 0.5) is 17.1 Å². The lowest BCUT2D eigenvalue weighted by Gasteiger charge is -2.32. The Morgan fingerprint density at radius 2 is 1.44 bits per heavy atom. The molecule has 2 N–H and O–H groups in total. The first kappa shape index (κ1) is 29.9. The Labute approximate surface area is 269 Å². The number of aromatic nitrogens is 1. The topological polar surface area (TPSA) is 91.4 Å². The van der Waals surface area contributed by atoms with Gasteiger partial charge in [-0.05, 0) is 85.3 Å². The molecule has 4 aromatic carbocycles. The minimum atomic E-state index is -0.479.